The van der Waals surface area contributed by atoms with Gasteiger partial charge in [-0.1, -0.05) is 53.7 Å². The minimum Gasteiger partial charge on any atom is -0.422 e. The second-order valence-electron chi connectivity index (χ2n) is 6.82. The number of hydrogen-bond acceptors (Lipinski definition) is 4. The van der Waals surface area contributed by atoms with Crippen LogP contribution in [-0.4, -0.2) is 10.5 Å². The van der Waals surface area contributed by atoms with E-state index in [1.807, 2.05) is 30.3 Å². The average Bonchev–Trinajstić information content (AvgIpc) is 3.11. The summed E-state index contributed by atoms with van der Waals surface area (Å²) in [4.78, 5) is 29.8. The van der Waals surface area contributed by atoms with Gasteiger partial charge >= 0.3 is 5.63 Å². The van der Waals surface area contributed by atoms with Crippen molar-refractivity contribution in [2.75, 3.05) is 0 Å². The first-order chi connectivity index (χ1) is 15.1. The molecule has 150 valence electrons. The molecule has 5 rings (SSSR count). The van der Waals surface area contributed by atoms with Crippen molar-refractivity contribution in [2.45, 2.75) is 6.54 Å². The van der Waals surface area contributed by atoms with E-state index in [2.05, 4.69) is 10.9 Å². The van der Waals surface area contributed by atoms with Gasteiger partial charge in [-0.2, -0.15) is 4.99 Å². The third-order valence-electron chi connectivity index (χ3n) is 4.97. The SMILES string of the molecule is C#CCn1c(=NC(=O)c2cc3c(ccc4ccccc43)oc2=O)sc2cccc(F)c21. The van der Waals surface area contributed by atoms with E-state index < -0.39 is 17.3 Å². The zero-order valence-electron chi connectivity index (χ0n) is 16.0. The number of para-hydroxylation sites is 1. The molecular weight excluding hydrogens is 415 g/mol. The van der Waals surface area contributed by atoms with E-state index in [-0.39, 0.29) is 22.4 Å². The van der Waals surface area contributed by atoms with Gasteiger partial charge in [0, 0.05) is 5.39 Å². The van der Waals surface area contributed by atoms with Crippen LogP contribution in [0.3, 0.4) is 0 Å². The van der Waals surface area contributed by atoms with Crippen LogP contribution >= 0.6 is 11.3 Å². The highest BCUT2D eigenvalue weighted by atomic mass is 32.1. The summed E-state index contributed by atoms with van der Waals surface area (Å²) in [6.07, 6.45) is 5.43. The van der Waals surface area contributed by atoms with Crippen LogP contribution in [0, 0.1) is 18.2 Å². The van der Waals surface area contributed by atoms with Crippen LogP contribution in [0.5, 0.6) is 0 Å². The van der Waals surface area contributed by atoms with Gasteiger partial charge in [-0.05, 0) is 35.0 Å². The van der Waals surface area contributed by atoms with Gasteiger partial charge in [-0.3, -0.25) is 4.79 Å². The molecule has 0 radical (unpaired) electrons. The Morgan fingerprint density at radius 3 is 2.81 bits per heavy atom. The Labute approximate surface area is 178 Å². The van der Waals surface area contributed by atoms with Gasteiger partial charge < -0.3 is 8.98 Å². The van der Waals surface area contributed by atoms with Crippen LogP contribution in [0.15, 0.2) is 74.9 Å². The van der Waals surface area contributed by atoms with Crippen LogP contribution in [-0.2, 0) is 6.54 Å². The molecule has 0 N–H and O–H groups in total. The fraction of sp³-hybridized carbons (Fsp3) is 0.0417. The third kappa shape index (κ3) is 3.14. The van der Waals surface area contributed by atoms with E-state index in [1.165, 1.54) is 16.7 Å². The van der Waals surface area contributed by atoms with Crippen molar-refractivity contribution in [1.82, 2.24) is 4.57 Å². The van der Waals surface area contributed by atoms with Gasteiger partial charge in [0.25, 0.3) is 5.91 Å². The Morgan fingerprint density at radius 1 is 1.13 bits per heavy atom. The molecule has 7 heteroatoms. The molecule has 0 aliphatic heterocycles. The summed E-state index contributed by atoms with van der Waals surface area (Å²) in [6, 6.07) is 17.2. The smallest absolute Gasteiger partial charge is 0.349 e. The number of terminal acetylenes is 1. The molecular formula is C24H13FN2O3S. The van der Waals surface area contributed by atoms with Crippen molar-refractivity contribution in [1.29, 1.82) is 0 Å². The Kier molecular flexibility index (Phi) is 4.50. The van der Waals surface area contributed by atoms with E-state index >= 15 is 0 Å². The summed E-state index contributed by atoms with van der Waals surface area (Å²) in [5.74, 6) is 1.21. The summed E-state index contributed by atoms with van der Waals surface area (Å²) in [6.45, 7) is 0.0318. The minimum absolute atomic E-state index is 0.0318. The number of rotatable bonds is 2. The highest BCUT2D eigenvalue weighted by Crippen LogP contribution is 2.25. The van der Waals surface area contributed by atoms with Crippen LogP contribution in [0.2, 0.25) is 0 Å². The molecule has 0 fully saturated rings. The van der Waals surface area contributed by atoms with E-state index in [4.69, 9.17) is 10.8 Å². The second-order valence-corrected chi connectivity index (χ2v) is 7.83. The van der Waals surface area contributed by atoms with Crippen molar-refractivity contribution in [3.8, 4) is 12.3 Å². The number of amides is 1. The number of carbonyl (C=O) groups is 1. The Morgan fingerprint density at radius 2 is 1.97 bits per heavy atom. The normalized spacial score (nSPS) is 11.9. The molecule has 0 saturated heterocycles. The topological polar surface area (TPSA) is 64.6 Å². The Hall–Kier alpha value is -4.02. The lowest BCUT2D eigenvalue weighted by molar-refractivity contribution is 0.0994. The van der Waals surface area contributed by atoms with Crippen molar-refractivity contribution in [2.24, 2.45) is 4.99 Å². The molecule has 0 saturated carbocycles. The number of thiazole rings is 1. The minimum atomic E-state index is -0.785. The first-order valence-corrected chi connectivity index (χ1v) is 10.1. The summed E-state index contributed by atoms with van der Waals surface area (Å²) < 4.78 is 21.8. The van der Waals surface area contributed by atoms with Gasteiger partial charge in [-0.25, -0.2) is 9.18 Å². The molecule has 5 nitrogen and oxygen atoms in total. The predicted octanol–water partition coefficient (Wildman–Crippen LogP) is 4.48. The monoisotopic (exact) mass is 428 g/mol. The van der Waals surface area contributed by atoms with Crippen molar-refractivity contribution >= 4 is 49.2 Å². The molecule has 0 atom stereocenters. The molecule has 0 unspecified atom stereocenters. The van der Waals surface area contributed by atoms with Crippen LogP contribution < -0.4 is 10.4 Å². The third-order valence-corrected chi connectivity index (χ3v) is 6.01. The fourth-order valence-electron chi connectivity index (χ4n) is 3.58. The zero-order valence-corrected chi connectivity index (χ0v) is 16.8. The lowest BCUT2D eigenvalue weighted by Crippen LogP contribution is -2.19. The van der Waals surface area contributed by atoms with E-state index in [0.717, 1.165) is 22.1 Å². The fourth-order valence-corrected chi connectivity index (χ4v) is 4.62. The van der Waals surface area contributed by atoms with Crippen LogP contribution in [0.4, 0.5) is 4.39 Å². The van der Waals surface area contributed by atoms with E-state index in [9.17, 15) is 14.0 Å². The number of halogens is 1. The predicted molar refractivity (Wildman–Crippen MR) is 118 cm³/mol. The first kappa shape index (κ1) is 19.0. The van der Waals surface area contributed by atoms with Crippen LogP contribution in [0.1, 0.15) is 10.4 Å². The molecule has 0 spiro atoms. The van der Waals surface area contributed by atoms with Crippen molar-refractivity contribution < 1.29 is 13.6 Å². The molecule has 31 heavy (non-hydrogen) atoms. The average molecular weight is 428 g/mol. The number of carbonyl (C=O) groups excluding carboxylic acids is 1. The highest BCUT2D eigenvalue weighted by molar-refractivity contribution is 7.16. The van der Waals surface area contributed by atoms with Gasteiger partial charge in [-0.15, -0.1) is 6.42 Å². The largest absolute Gasteiger partial charge is 0.422 e. The van der Waals surface area contributed by atoms with E-state index in [0.29, 0.717) is 15.7 Å². The number of aromatic nitrogens is 1. The second kappa shape index (κ2) is 7.35. The molecule has 1 amide bonds. The highest BCUT2D eigenvalue weighted by Gasteiger charge is 2.16. The summed E-state index contributed by atoms with van der Waals surface area (Å²) >= 11 is 1.12. The Balaban J connectivity index is 1.73. The number of hydrogen-bond donors (Lipinski definition) is 0. The maximum atomic E-state index is 14.4. The van der Waals surface area contributed by atoms with Gasteiger partial charge in [0.1, 0.15) is 17.0 Å². The number of nitrogens with zero attached hydrogens (tertiary/aromatic N) is 2. The standard InChI is InChI=1S/C24H13FN2O3S/c1-2-12-27-21-18(25)8-5-9-20(21)31-24(27)26-22(28)17-13-16-15-7-4-3-6-14(15)10-11-19(16)30-23(17)29/h1,3-11,13H,12H2. The summed E-state index contributed by atoms with van der Waals surface area (Å²) in [5, 5.41) is 2.44. The molecule has 3 aromatic carbocycles. The van der Waals surface area contributed by atoms with Crippen molar-refractivity contribution in [3.63, 3.8) is 0 Å². The number of fused-ring (bicyclic) bond motifs is 4. The maximum Gasteiger partial charge on any atom is 0.349 e. The molecule has 0 aliphatic carbocycles. The van der Waals surface area contributed by atoms with Crippen molar-refractivity contribution in [3.05, 3.63) is 87.3 Å². The molecule has 5 aromatic rings. The molecule has 0 bridgehead atoms. The van der Waals surface area contributed by atoms with Gasteiger partial charge in [0.05, 0.1) is 16.8 Å². The maximum absolute atomic E-state index is 14.4. The van der Waals surface area contributed by atoms with Gasteiger partial charge in [0.2, 0.25) is 0 Å². The van der Waals surface area contributed by atoms with E-state index in [1.54, 1.807) is 18.2 Å². The molecule has 2 heterocycles. The molecule has 0 aliphatic rings. The Bertz CT molecular complexity index is 1690. The first-order valence-electron chi connectivity index (χ1n) is 9.33. The number of benzene rings is 3. The lowest BCUT2D eigenvalue weighted by Gasteiger charge is -2.04. The zero-order chi connectivity index (χ0) is 21.5. The van der Waals surface area contributed by atoms with Gasteiger partial charge in [0.15, 0.2) is 4.80 Å². The lowest BCUT2D eigenvalue weighted by atomic mass is 10.0. The molecule has 2 aromatic heterocycles. The van der Waals surface area contributed by atoms with Crippen LogP contribution in [0.25, 0.3) is 32.0 Å². The quantitative estimate of drug-likeness (QED) is 0.237. The summed E-state index contributed by atoms with van der Waals surface area (Å²) in [7, 11) is 0. The summed E-state index contributed by atoms with van der Waals surface area (Å²) in [5.41, 5.74) is -0.332.